The van der Waals surface area contributed by atoms with E-state index < -0.39 is 0 Å². The van der Waals surface area contributed by atoms with E-state index in [-0.39, 0.29) is 12.3 Å². The predicted octanol–water partition coefficient (Wildman–Crippen LogP) is 3.15. The number of amides is 1. The summed E-state index contributed by atoms with van der Waals surface area (Å²) >= 11 is 0. The summed E-state index contributed by atoms with van der Waals surface area (Å²) in [5, 5.41) is 14.5. The molecule has 0 heterocycles. The lowest BCUT2D eigenvalue weighted by Gasteiger charge is -2.12. The fourth-order valence-corrected chi connectivity index (χ4v) is 1.81. The average Bonchev–Trinajstić information content (AvgIpc) is 2.48. The van der Waals surface area contributed by atoms with Gasteiger partial charge in [-0.3, -0.25) is 4.79 Å². The Balaban J connectivity index is 2.04. The normalized spacial score (nSPS) is 9.55. The molecule has 2 aromatic rings. The molecule has 0 saturated heterocycles. The van der Waals surface area contributed by atoms with E-state index in [1.165, 1.54) is 0 Å². The Kier molecular flexibility index (Phi) is 4.74. The highest BCUT2D eigenvalue weighted by Crippen LogP contribution is 2.21. The van der Waals surface area contributed by atoms with Gasteiger partial charge in [-0.15, -0.1) is 0 Å². The molecule has 0 saturated carbocycles. The highest BCUT2D eigenvalue weighted by molar-refractivity contribution is 5.95. The Hall–Kier alpha value is -2.80. The number of hydrogen-bond donors (Lipinski definition) is 2. The minimum atomic E-state index is -0.304. The van der Waals surface area contributed by atoms with Gasteiger partial charge in [-0.25, -0.2) is 0 Å². The van der Waals surface area contributed by atoms with Gasteiger partial charge < -0.3 is 10.6 Å². The molecule has 0 bridgehead atoms. The van der Waals surface area contributed by atoms with E-state index in [4.69, 9.17) is 5.26 Å². The molecule has 100 valence electrons. The van der Waals surface area contributed by atoms with Gasteiger partial charge in [0, 0.05) is 6.54 Å². The van der Waals surface area contributed by atoms with Crippen LogP contribution in [0.2, 0.25) is 0 Å². The molecule has 1 amide bonds. The highest BCUT2D eigenvalue weighted by Gasteiger charge is 2.05. The smallest absolute Gasteiger partial charge is 0.238 e. The minimum Gasteiger partial charge on any atom is -0.379 e. The van der Waals surface area contributed by atoms with E-state index in [0.29, 0.717) is 12.2 Å². The molecule has 0 unspecified atom stereocenters. The Labute approximate surface area is 118 Å². The molecule has 0 fully saturated rings. The largest absolute Gasteiger partial charge is 0.379 e. The van der Waals surface area contributed by atoms with E-state index in [9.17, 15) is 4.79 Å². The number of carbonyl (C=O) groups excluding carboxylic acids is 1. The fourth-order valence-electron chi connectivity index (χ4n) is 1.81. The molecule has 0 aliphatic heterocycles. The van der Waals surface area contributed by atoms with Gasteiger partial charge in [0.2, 0.25) is 5.91 Å². The molecule has 0 radical (unpaired) electrons. The van der Waals surface area contributed by atoms with Crippen LogP contribution in [0.1, 0.15) is 12.0 Å². The summed E-state index contributed by atoms with van der Waals surface area (Å²) in [6, 6.07) is 19.3. The molecule has 2 rings (SSSR count). The SMILES string of the molecule is N#CCC(=O)Nc1ccccc1NCc1ccccc1. The maximum atomic E-state index is 11.5. The number of hydrogen-bond acceptors (Lipinski definition) is 3. The third-order valence-electron chi connectivity index (χ3n) is 2.77. The van der Waals surface area contributed by atoms with Crippen molar-refractivity contribution in [1.29, 1.82) is 5.26 Å². The first-order valence-corrected chi connectivity index (χ1v) is 6.33. The summed E-state index contributed by atoms with van der Waals surface area (Å²) in [6.45, 7) is 0.673. The van der Waals surface area contributed by atoms with E-state index >= 15 is 0 Å². The summed E-state index contributed by atoms with van der Waals surface area (Å²) in [7, 11) is 0. The molecule has 0 spiro atoms. The van der Waals surface area contributed by atoms with Crippen molar-refractivity contribution in [1.82, 2.24) is 0 Å². The molecule has 4 nitrogen and oxygen atoms in total. The van der Waals surface area contributed by atoms with Crippen molar-refractivity contribution in [3.63, 3.8) is 0 Å². The summed E-state index contributed by atoms with van der Waals surface area (Å²) < 4.78 is 0. The van der Waals surface area contributed by atoms with Crippen molar-refractivity contribution in [2.75, 3.05) is 10.6 Å². The second-order valence-electron chi connectivity index (χ2n) is 4.27. The standard InChI is InChI=1S/C16H15N3O/c17-11-10-16(20)19-15-9-5-4-8-14(15)18-12-13-6-2-1-3-7-13/h1-9,18H,10,12H2,(H,19,20). The molecule has 0 atom stereocenters. The zero-order valence-electron chi connectivity index (χ0n) is 11.0. The minimum absolute atomic E-state index is 0.146. The Morgan fingerprint density at radius 1 is 1.00 bits per heavy atom. The van der Waals surface area contributed by atoms with Crippen LogP contribution in [0.15, 0.2) is 54.6 Å². The highest BCUT2D eigenvalue weighted by atomic mass is 16.1. The van der Waals surface area contributed by atoms with Crippen LogP contribution < -0.4 is 10.6 Å². The Morgan fingerprint density at radius 3 is 2.35 bits per heavy atom. The molecule has 2 N–H and O–H groups in total. The average molecular weight is 265 g/mol. The molecular weight excluding hydrogens is 250 g/mol. The molecule has 20 heavy (non-hydrogen) atoms. The van der Waals surface area contributed by atoms with Crippen molar-refractivity contribution in [2.45, 2.75) is 13.0 Å². The van der Waals surface area contributed by atoms with Crippen molar-refractivity contribution in [3.05, 3.63) is 60.2 Å². The van der Waals surface area contributed by atoms with Crippen LogP contribution in [0.4, 0.5) is 11.4 Å². The van der Waals surface area contributed by atoms with Gasteiger partial charge in [-0.1, -0.05) is 42.5 Å². The maximum absolute atomic E-state index is 11.5. The summed E-state index contributed by atoms with van der Waals surface area (Å²) in [5.74, 6) is -0.304. The lowest BCUT2D eigenvalue weighted by atomic mass is 10.2. The van der Waals surface area contributed by atoms with Gasteiger partial charge in [0.15, 0.2) is 0 Å². The van der Waals surface area contributed by atoms with Crippen LogP contribution in [0.3, 0.4) is 0 Å². The van der Waals surface area contributed by atoms with Gasteiger partial charge in [-0.2, -0.15) is 5.26 Å². The number of benzene rings is 2. The number of carbonyl (C=O) groups is 1. The van der Waals surface area contributed by atoms with Gasteiger partial charge >= 0.3 is 0 Å². The van der Waals surface area contributed by atoms with Crippen molar-refractivity contribution < 1.29 is 4.79 Å². The number of rotatable bonds is 5. The van der Waals surface area contributed by atoms with Crippen molar-refractivity contribution in [3.8, 4) is 6.07 Å². The molecular formula is C16H15N3O. The third-order valence-corrected chi connectivity index (χ3v) is 2.77. The number of nitrogens with zero attached hydrogens (tertiary/aromatic N) is 1. The number of para-hydroxylation sites is 2. The first-order valence-electron chi connectivity index (χ1n) is 6.33. The maximum Gasteiger partial charge on any atom is 0.238 e. The zero-order valence-corrected chi connectivity index (χ0v) is 11.0. The monoisotopic (exact) mass is 265 g/mol. The third kappa shape index (κ3) is 3.85. The Bertz CT molecular complexity index is 617. The molecule has 0 aliphatic carbocycles. The topological polar surface area (TPSA) is 64.9 Å². The second kappa shape index (κ2) is 6.95. The lowest BCUT2D eigenvalue weighted by molar-refractivity contribution is -0.115. The summed E-state index contributed by atoms with van der Waals surface area (Å²) in [4.78, 5) is 11.5. The van der Waals surface area contributed by atoms with Crippen molar-refractivity contribution in [2.24, 2.45) is 0 Å². The molecule has 2 aromatic carbocycles. The first-order chi connectivity index (χ1) is 9.79. The van der Waals surface area contributed by atoms with Crippen molar-refractivity contribution >= 4 is 17.3 Å². The molecule has 0 aromatic heterocycles. The fraction of sp³-hybridized carbons (Fsp3) is 0.125. The van der Waals surface area contributed by atoms with E-state index in [2.05, 4.69) is 10.6 Å². The van der Waals surface area contributed by atoms with E-state index in [1.807, 2.05) is 60.7 Å². The zero-order chi connectivity index (χ0) is 14.2. The van der Waals surface area contributed by atoms with E-state index in [1.54, 1.807) is 0 Å². The molecule has 4 heteroatoms. The molecule has 0 aliphatic rings. The van der Waals surface area contributed by atoms with Gasteiger partial charge in [0.05, 0.1) is 17.4 Å². The number of nitriles is 1. The predicted molar refractivity (Wildman–Crippen MR) is 79.1 cm³/mol. The van der Waals surface area contributed by atoms with Gasteiger partial charge in [-0.05, 0) is 17.7 Å². The Morgan fingerprint density at radius 2 is 1.65 bits per heavy atom. The number of anilines is 2. The second-order valence-corrected chi connectivity index (χ2v) is 4.27. The lowest BCUT2D eigenvalue weighted by Crippen LogP contribution is -2.12. The first kappa shape index (κ1) is 13.6. The number of nitrogens with one attached hydrogen (secondary N) is 2. The van der Waals surface area contributed by atoms with Crippen LogP contribution in [-0.4, -0.2) is 5.91 Å². The van der Waals surface area contributed by atoms with Crippen LogP contribution in [0, 0.1) is 11.3 Å². The van der Waals surface area contributed by atoms with Crippen LogP contribution >= 0.6 is 0 Å². The van der Waals surface area contributed by atoms with E-state index in [0.717, 1.165) is 11.3 Å². The summed E-state index contributed by atoms with van der Waals surface area (Å²) in [5.41, 5.74) is 2.68. The quantitative estimate of drug-likeness (QED) is 0.872. The van der Waals surface area contributed by atoms with Gasteiger partial charge in [0.25, 0.3) is 0 Å². The van der Waals surface area contributed by atoms with Crippen LogP contribution in [0.5, 0.6) is 0 Å². The van der Waals surface area contributed by atoms with Crippen LogP contribution in [-0.2, 0) is 11.3 Å². The van der Waals surface area contributed by atoms with Crippen LogP contribution in [0.25, 0.3) is 0 Å². The summed E-state index contributed by atoms with van der Waals surface area (Å²) in [6.07, 6.45) is -0.146. The van der Waals surface area contributed by atoms with Gasteiger partial charge in [0.1, 0.15) is 6.42 Å².